The van der Waals surface area contributed by atoms with E-state index in [2.05, 4.69) is 15.3 Å². The Balaban J connectivity index is 1.64. The van der Waals surface area contributed by atoms with Gasteiger partial charge in [-0.1, -0.05) is 42.5 Å². The van der Waals surface area contributed by atoms with E-state index in [0.29, 0.717) is 12.1 Å². The average molecular weight is 440 g/mol. The van der Waals surface area contributed by atoms with Gasteiger partial charge in [-0.05, 0) is 11.6 Å². The molecule has 0 unspecified atom stereocenters. The summed E-state index contributed by atoms with van der Waals surface area (Å²) in [4.78, 5) is 34.3. The minimum Gasteiger partial charge on any atom is -0.467 e. The molecule has 1 aliphatic heterocycles. The third kappa shape index (κ3) is 4.18. The van der Waals surface area contributed by atoms with E-state index in [1.54, 1.807) is 0 Å². The zero-order valence-electron chi connectivity index (χ0n) is 17.3. The number of amides is 2. The lowest BCUT2D eigenvalue weighted by atomic mass is 9.95. The Morgan fingerprint density at radius 3 is 2.75 bits per heavy atom. The van der Waals surface area contributed by atoms with Gasteiger partial charge in [0.05, 0.1) is 19.1 Å². The summed E-state index contributed by atoms with van der Waals surface area (Å²) in [6.07, 6.45) is 2.14. The molecule has 0 saturated carbocycles. The minimum absolute atomic E-state index is 0.00845. The number of carbonyl (C=O) groups is 2. The van der Waals surface area contributed by atoms with Crippen LogP contribution in [0.25, 0.3) is 0 Å². The number of rotatable bonds is 5. The summed E-state index contributed by atoms with van der Waals surface area (Å²) in [5, 5.41) is 2.70. The Morgan fingerprint density at radius 1 is 1.22 bits per heavy atom. The van der Waals surface area contributed by atoms with Crippen LogP contribution in [0, 0.1) is 11.6 Å². The summed E-state index contributed by atoms with van der Waals surface area (Å²) in [5.74, 6) is -2.66. The molecular formula is C23H22F2N4O3. The van der Waals surface area contributed by atoms with Crippen LogP contribution in [0.5, 0.6) is 0 Å². The number of hydrogen-bond donors (Lipinski definition) is 2. The number of aromatic amines is 1. The number of nitrogens with zero attached hydrogens (tertiary/aromatic N) is 2. The van der Waals surface area contributed by atoms with E-state index in [4.69, 9.17) is 4.74 Å². The second kappa shape index (κ2) is 9.17. The van der Waals surface area contributed by atoms with E-state index in [-0.39, 0.29) is 18.5 Å². The Hall–Kier alpha value is -3.75. The molecule has 2 aromatic carbocycles. The lowest BCUT2D eigenvalue weighted by Gasteiger charge is -2.36. The van der Waals surface area contributed by atoms with Gasteiger partial charge in [0.15, 0.2) is 11.6 Å². The summed E-state index contributed by atoms with van der Waals surface area (Å²) < 4.78 is 33.6. The van der Waals surface area contributed by atoms with Crippen molar-refractivity contribution in [3.63, 3.8) is 0 Å². The number of imidazole rings is 1. The van der Waals surface area contributed by atoms with Crippen LogP contribution in [0.3, 0.4) is 0 Å². The highest BCUT2D eigenvalue weighted by atomic mass is 19.2. The van der Waals surface area contributed by atoms with Crippen molar-refractivity contribution in [2.75, 3.05) is 13.7 Å². The first-order valence-corrected chi connectivity index (χ1v) is 10.1. The quantitative estimate of drug-likeness (QED) is 0.597. The van der Waals surface area contributed by atoms with Gasteiger partial charge in [-0.2, -0.15) is 0 Å². The molecule has 0 radical (unpaired) electrons. The van der Waals surface area contributed by atoms with Crippen molar-refractivity contribution in [2.24, 2.45) is 0 Å². The van der Waals surface area contributed by atoms with E-state index in [9.17, 15) is 18.4 Å². The Morgan fingerprint density at radius 2 is 2.00 bits per heavy atom. The van der Waals surface area contributed by atoms with Crippen molar-refractivity contribution in [1.29, 1.82) is 0 Å². The van der Waals surface area contributed by atoms with E-state index in [0.717, 1.165) is 17.3 Å². The highest BCUT2D eigenvalue weighted by Gasteiger charge is 2.37. The van der Waals surface area contributed by atoms with Gasteiger partial charge in [-0.3, -0.25) is 0 Å². The molecule has 1 aromatic heterocycles. The molecule has 32 heavy (non-hydrogen) atoms. The number of nitrogens with one attached hydrogen (secondary N) is 2. The van der Waals surface area contributed by atoms with E-state index >= 15 is 0 Å². The number of aromatic nitrogens is 2. The maximum atomic E-state index is 14.7. The number of carbonyl (C=O) groups excluding carboxylic acids is 2. The fourth-order valence-corrected chi connectivity index (χ4v) is 3.96. The standard InChI is InChI=1S/C23H22F2N4O3/c1-32-22(30)18(12-14-6-3-2-4-7-14)28-23(31)29-11-10-17-20(27-13-26-17)21(29)15-8-5-9-16(24)19(15)25/h2-9,13,18,21H,10-12H2,1H3,(H,26,27)(H,28,31)/t18-,21-/m1/s1. The van der Waals surface area contributed by atoms with Gasteiger partial charge in [0.1, 0.15) is 12.1 Å². The molecule has 166 valence electrons. The number of methoxy groups -OCH3 is 1. The van der Waals surface area contributed by atoms with Gasteiger partial charge in [-0.15, -0.1) is 0 Å². The number of hydrogen-bond acceptors (Lipinski definition) is 4. The predicted octanol–water partition coefficient (Wildman–Crippen LogP) is 3.13. The zero-order chi connectivity index (χ0) is 22.7. The molecule has 0 aliphatic carbocycles. The fourth-order valence-electron chi connectivity index (χ4n) is 3.96. The number of halogens is 2. The third-order valence-corrected chi connectivity index (χ3v) is 5.53. The highest BCUT2D eigenvalue weighted by molar-refractivity contribution is 5.84. The molecule has 0 bridgehead atoms. The normalized spacial score (nSPS) is 16.2. The molecule has 2 N–H and O–H groups in total. The summed E-state index contributed by atoms with van der Waals surface area (Å²) >= 11 is 0. The van der Waals surface area contributed by atoms with Crippen molar-refractivity contribution in [3.05, 3.63) is 89.0 Å². The van der Waals surface area contributed by atoms with Crippen molar-refractivity contribution in [2.45, 2.75) is 24.9 Å². The molecular weight excluding hydrogens is 418 g/mol. The number of H-pyrrole nitrogens is 1. The topological polar surface area (TPSA) is 87.3 Å². The van der Waals surface area contributed by atoms with Crippen LogP contribution in [0.4, 0.5) is 13.6 Å². The van der Waals surface area contributed by atoms with Crippen LogP contribution < -0.4 is 5.32 Å². The van der Waals surface area contributed by atoms with E-state index < -0.39 is 35.7 Å². The summed E-state index contributed by atoms with van der Waals surface area (Å²) in [7, 11) is 1.24. The molecule has 3 aromatic rings. The first-order valence-electron chi connectivity index (χ1n) is 10.1. The summed E-state index contributed by atoms with van der Waals surface area (Å²) in [5.41, 5.74) is 2.01. The van der Waals surface area contributed by atoms with Crippen LogP contribution in [0.1, 0.15) is 28.6 Å². The van der Waals surface area contributed by atoms with Crippen molar-refractivity contribution in [3.8, 4) is 0 Å². The van der Waals surface area contributed by atoms with Crippen LogP contribution in [-0.2, 0) is 22.4 Å². The predicted molar refractivity (Wildman–Crippen MR) is 112 cm³/mol. The molecule has 2 heterocycles. The van der Waals surface area contributed by atoms with Crippen LogP contribution in [0.15, 0.2) is 54.9 Å². The Kier molecular flexibility index (Phi) is 6.16. The minimum atomic E-state index is -1.04. The molecule has 2 atom stereocenters. The molecule has 9 heteroatoms. The van der Waals surface area contributed by atoms with Gasteiger partial charge in [0, 0.05) is 30.6 Å². The fraction of sp³-hybridized carbons (Fsp3) is 0.261. The van der Waals surface area contributed by atoms with Gasteiger partial charge in [0.2, 0.25) is 0 Å². The second-order valence-electron chi connectivity index (χ2n) is 7.47. The molecule has 4 rings (SSSR count). The maximum absolute atomic E-state index is 14.7. The lowest BCUT2D eigenvalue weighted by Crippen LogP contribution is -2.52. The van der Waals surface area contributed by atoms with Gasteiger partial charge >= 0.3 is 12.0 Å². The molecule has 0 fully saturated rings. The zero-order valence-corrected chi connectivity index (χ0v) is 17.3. The monoisotopic (exact) mass is 440 g/mol. The number of ether oxygens (including phenoxy) is 1. The van der Waals surface area contributed by atoms with E-state index in [1.807, 2.05) is 30.3 Å². The number of benzene rings is 2. The van der Waals surface area contributed by atoms with Gasteiger partial charge in [-0.25, -0.2) is 23.4 Å². The van der Waals surface area contributed by atoms with E-state index in [1.165, 1.54) is 30.5 Å². The third-order valence-electron chi connectivity index (χ3n) is 5.53. The van der Waals surface area contributed by atoms with Crippen LogP contribution >= 0.6 is 0 Å². The SMILES string of the molecule is COC(=O)[C@@H](Cc1ccccc1)NC(=O)N1CCc2[nH]cnc2[C@H]1c1cccc(F)c1F. The van der Waals surface area contributed by atoms with Gasteiger partial charge < -0.3 is 19.9 Å². The summed E-state index contributed by atoms with van der Waals surface area (Å²) in [6.45, 7) is 0.223. The second-order valence-corrected chi connectivity index (χ2v) is 7.47. The first kappa shape index (κ1) is 21.5. The molecule has 2 amide bonds. The molecule has 1 aliphatic rings. The van der Waals surface area contributed by atoms with Crippen LogP contribution in [-0.4, -0.2) is 46.6 Å². The summed E-state index contributed by atoms with van der Waals surface area (Å²) in [6, 6.07) is 10.5. The van der Waals surface area contributed by atoms with Crippen LogP contribution in [0.2, 0.25) is 0 Å². The molecule has 0 spiro atoms. The number of fused-ring (bicyclic) bond motifs is 1. The smallest absolute Gasteiger partial charge is 0.328 e. The lowest BCUT2D eigenvalue weighted by molar-refractivity contribution is -0.142. The largest absolute Gasteiger partial charge is 0.467 e. The Labute approximate surface area is 183 Å². The number of urea groups is 1. The Bertz CT molecular complexity index is 1120. The average Bonchev–Trinajstić information content (AvgIpc) is 3.29. The van der Waals surface area contributed by atoms with Crippen molar-refractivity contribution >= 4 is 12.0 Å². The highest BCUT2D eigenvalue weighted by Crippen LogP contribution is 2.35. The maximum Gasteiger partial charge on any atom is 0.328 e. The molecule has 7 nitrogen and oxygen atoms in total. The first-order chi connectivity index (χ1) is 15.5. The van der Waals surface area contributed by atoms with Crippen molar-refractivity contribution < 1.29 is 23.1 Å². The van der Waals surface area contributed by atoms with Gasteiger partial charge in [0.25, 0.3) is 0 Å². The molecule has 0 saturated heterocycles. The van der Waals surface area contributed by atoms with Crippen molar-refractivity contribution in [1.82, 2.24) is 20.2 Å². The number of esters is 1.